The monoisotopic (exact) mass is 440 g/mol. The highest BCUT2D eigenvalue weighted by Crippen LogP contribution is 2.61. The van der Waals surface area contributed by atoms with E-state index in [-0.39, 0.29) is 30.2 Å². The standard InChI is InChI=1S/C25H36N4O3/c1-4-5-7-18(15-30)27-23(31)20-14-29-21(8-6-9-22(29)28-20)24(32)26-13-16-10-11-17-12-19(16)25(17,2)3/h6,8-9,14,16-19,30H,4-5,7,10-13,15H2,1-3H3,(H,26,32)(H,27,31)/t16-,17-,18+,19-/m0/s1. The first kappa shape index (κ1) is 22.8. The number of pyridine rings is 1. The van der Waals surface area contributed by atoms with E-state index >= 15 is 0 Å². The summed E-state index contributed by atoms with van der Waals surface area (Å²) in [6, 6.07) is 5.04. The third-order valence-electron chi connectivity index (χ3n) is 7.95. The van der Waals surface area contributed by atoms with Gasteiger partial charge in [-0.05, 0) is 61.0 Å². The Balaban J connectivity index is 1.43. The number of imidazole rings is 1. The van der Waals surface area contributed by atoms with Gasteiger partial charge in [0.2, 0.25) is 0 Å². The van der Waals surface area contributed by atoms with Crippen LogP contribution >= 0.6 is 0 Å². The molecule has 174 valence electrons. The fourth-order valence-electron chi connectivity index (χ4n) is 5.75. The lowest BCUT2D eigenvalue weighted by atomic mass is 9.45. The summed E-state index contributed by atoms with van der Waals surface area (Å²) in [5, 5.41) is 15.5. The molecule has 0 unspecified atom stereocenters. The second kappa shape index (κ2) is 9.22. The van der Waals surface area contributed by atoms with E-state index in [0.29, 0.717) is 35.1 Å². The summed E-state index contributed by atoms with van der Waals surface area (Å²) in [7, 11) is 0. The van der Waals surface area contributed by atoms with E-state index in [9.17, 15) is 14.7 Å². The number of carbonyl (C=O) groups is 2. The molecule has 2 amide bonds. The van der Waals surface area contributed by atoms with Crippen LogP contribution in [0, 0.1) is 23.2 Å². The fraction of sp³-hybridized carbons (Fsp3) is 0.640. The summed E-state index contributed by atoms with van der Waals surface area (Å²) in [5.74, 6) is 1.58. The Kier molecular flexibility index (Phi) is 6.56. The molecule has 0 saturated heterocycles. The Labute approximate surface area is 190 Å². The van der Waals surface area contributed by atoms with E-state index in [1.165, 1.54) is 19.3 Å². The zero-order valence-corrected chi connectivity index (χ0v) is 19.4. The van der Waals surface area contributed by atoms with Gasteiger partial charge in [-0.15, -0.1) is 0 Å². The summed E-state index contributed by atoms with van der Waals surface area (Å²) in [6.07, 6.45) is 7.98. The minimum Gasteiger partial charge on any atom is -0.394 e. The van der Waals surface area contributed by atoms with Gasteiger partial charge in [0.1, 0.15) is 17.0 Å². The van der Waals surface area contributed by atoms with Crippen LogP contribution in [0.25, 0.3) is 5.65 Å². The summed E-state index contributed by atoms with van der Waals surface area (Å²) >= 11 is 0. The van der Waals surface area contributed by atoms with Crippen molar-refractivity contribution in [3.8, 4) is 0 Å². The molecule has 3 saturated carbocycles. The molecule has 7 heteroatoms. The maximum absolute atomic E-state index is 13.0. The van der Waals surface area contributed by atoms with Crippen molar-refractivity contribution in [2.75, 3.05) is 13.2 Å². The summed E-state index contributed by atoms with van der Waals surface area (Å²) in [5.41, 5.74) is 1.66. The highest BCUT2D eigenvalue weighted by atomic mass is 16.3. The Morgan fingerprint density at radius 1 is 1.28 bits per heavy atom. The molecule has 2 aromatic rings. The number of hydrogen-bond acceptors (Lipinski definition) is 4. The normalized spacial score (nSPS) is 24.6. The maximum Gasteiger partial charge on any atom is 0.271 e. The number of carbonyl (C=O) groups excluding carboxylic acids is 2. The van der Waals surface area contributed by atoms with Gasteiger partial charge in [-0.1, -0.05) is 39.7 Å². The van der Waals surface area contributed by atoms with Crippen LogP contribution in [0.1, 0.15) is 80.3 Å². The van der Waals surface area contributed by atoms with Gasteiger partial charge in [0.05, 0.1) is 12.6 Å². The first-order valence-electron chi connectivity index (χ1n) is 12.0. The van der Waals surface area contributed by atoms with Crippen molar-refractivity contribution < 1.29 is 14.7 Å². The first-order chi connectivity index (χ1) is 15.3. The number of hydrogen-bond donors (Lipinski definition) is 3. The molecule has 32 heavy (non-hydrogen) atoms. The number of aliphatic hydroxyl groups excluding tert-OH is 1. The lowest BCUT2D eigenvalue weighted by Gasteiger charge is -2.60. The van der Waals surface area contributed by atoms with Gasteiger partial charge in [0.15, 0.2) is 0 Å². The predicted molar refractivity (Wildman–Crippen MR) is 123 cm³/mol. The van der Waals surface area contributed by atoms with Crippen molar-refractivity contribution in [2.45, 2.75) is 65.3 Å². The van der Waals surface area contributed by atoms with Crippen LogP contribution in [0.5, 0.6) is 0 Å². The Bertz CT molecular complexity index is 981. The zero-order chi connectivity index (χ0) is 22.9. The van der Waals surface area contributed by atoms with E-state index in [1.807, 2.05) is 0 Å². The van der Waals surface area contributed by atoms with Crippen molar-refractivity contribution in [3.63, 3.8) is 0 Å². The van der Waals surface area contributed by atoms with Gasteiger partial charge in [0.25, 0.3) is 11.8 Å². The van der Waals surface area contributed by atoms with Crippen LogP contribution in [-0.2, 0) is 0 Å². The molecule has 0 aliphatic heterocycles. The molecular formula is C25H36N4O3. The second-order valence-corrected chi connectivity index (χ2v) is 10.2. The van der Waals surface area contributed by atoms with Gasteiger partial charge in [0, 0.05) is 12.7 Å². The molecule has 0 spiro atoms. The van der Waals surface area contributed by atoms with Crippen molar-refractivity contribution >= 4 is 17.5 Å². The number of fused-ring (bicyclic) bond motifs is 3. The average Bonchev–Trinajstić information content (AvgIpc) is 3.24. The Hall–Kier alpha value is -2.41. The largest absolute Gasteiger partial charge is 0.394 e. The second-order valence-electron chi connectivity index (χ2n) is 10.2. The fourth-order valence-corrected chi connectivity index (χ4v) is 5.75. The van der Waals surface area contributed by atoms with Crippen molar-refractivity contribution in [1.82, 2.24) is 20.0 Å². The molecule has 0 aromatic carbocycles. The average molecular weight is 441 g/mol. The van der Waals surface area contributed by atoms with Crippen LogP contribution in [0.15, 0.2) is 24.4 Å². The molecular weight excluding hydrogens is 404 g/mol. The molecule has 2 bridgehead atoms. The lowest BCUT2D eigenvalue weighted by Crippen LogP contribution is -2.54. The highest BCUT2D eigenvalue weighted by Gasteiger charge is 2.53. The number of aliphatic hydroxyl groups is 1. The molecule has 7 nitrogen and oxygen atoms in total. The number of unbranched alkanes of at least 4 members (excludes halogenated alkanes) is 1. The van der Waals surface area contributed by atoms with E-state index in [2.05, 4.69) is 36.4 Å². The van der Waals surface area contributed by atoms with Crippen LogP contribution in [0.4, 0.5) is 0 Å². The molecule has 3 aliphatic rings. The first-order valence-corrected chi connectivity index (χ1v) is 12.0. The molecule has 2 heterocycles. The van der Waals surface area contributed by atoms with Gasteiger partial charge < -0.3 is 15.7 Å². The van der Waals surface area contributed by atoms with E-state index in [1.54, 1.807) is 28.8 Å². The van der Waals surface area contributed by atoms with E-state index < -0.39 is 0 Å². The third-order valence-corrected chi connectivity index (χ3v) is 7.95. The van der Waals surface area contributed by atoms with E-state index in [0.717, 1.165) is 25.2 Å². The van der Waals surface area contributed by atoms with Crippen molar-refractivity contribution in [3.05, 3.63) is 35.8 Å². The predicted octanol–water partition coefficient (Wildman–Crippen LogP) is 3.42. The minimum atomic E-state index is -0.334. The van der Waals surface area contributed by atoms with Gasteiger partial charge >= 0.3 is 0 Å². The van der Waals surface area contributed by atoms with Gasteiger partial charge in [-0.2, -0.15) is 0 Å². The third kappa shape index (κ3) is 4.27. The lowest BCUT2D eigenvalue weighted by molar-refractivity contribution is -0.103. The van der Waals surface area contributed by atoms with Crippen LogP contribution < -0.4 is 10.6 Å². The summed E-state index contributed by atoms with van der Waals surface area (Å²) in [6.45, 7) is 7.38. The van der Waals surface area contributed by atoms with Crippen LogP contribution in [0.2, 0.25) is 0 Å². The number of rotatable bonds is 9. The molecule has 5 rings (SSSR count). The van der Waals surface area contributed by atoms with Crippen LogP contribution in [-0.4, -0.2) is 45.5 Å². The Morgan fingerprint density at radius 2 is 2.09 bits per heavy atom. The van der Waals surface area contributed by atoms with E-state index in [4.69, 9.17) is 0 Å². The molecule has 3 N–H and O–H groups in total. The number of aromatic nitrogens is 2. The summed E-state index contributed by atoms with van der Waals surface area (Å²) in [4.78, 5) is 30.1. The Morgan fingerprint density at radius 3 is 2.78 bits per heavy atom. The maximum atomic E-state index is 13.0. The number of nitrogens with zero attached hydrogens (tertiary/aromatic N) is 2. The number of nitrogens with one attached hydrogen (secondary N) is 2. The van der Waals surface area contributed by atoms with Crippen molar-refractivity contribution in [2.24, 2.45) is 23.2 Å². The van der Waals surface area contributed by atoms with Gasteiger partial charge in [-0.25, -0.2) is 4.98 Å². The zero-order valence-electron chi connectivity index (χ0n) is 19.4. The van der Waals surface area contributed by atoms with Gasteiger partial charge in [-0.3, -0.25) is 14.0 Å². The molecule has 3 aliphatic carbocycles. The summed E-state index contributed by atoms with van der Waals surface area (Å²) < 4.78 is 1.68. The number of amides is 2. The quantitative estimate of drug-likeness (QED) is 0.557. The minimum absolute atomic E-state index is 0.105. The SMILES string of the molecule is CCCC[C@H](CO)NC(=O)c1cn2c(C(=O)NC[C@@H]3CC[C@H]4C[C@@H]3C4(C)C)cccc2n1. The topological polar surface area (TPSA) is 95.7 Å². The molecule has 4 atom stereocenters. The highest BCUT2D eigenvalue weighted by molar-refractivity contribution is 5.95. The van der Waals surface area contributed by atoms with Crippen molar-refractivity contribution in [1.29, 1.82) is 0 Å². The smallest absolute Gasteiger partial charge is 0.271 e. The molecule has 0 radical (unpaired) electrons. The van der Waals surface area contributed by atoms with Crippen LogP contribution in [0.3, 0.4) is 0 Å². The molecule has 3 fully saturated rings. The molecule has 2 aromatic heterocycles.